The third-order valence-corrected chi connectivity index (χ3v) is 4.64. The molecule has 0 spiro atoms. The number of alkyl halides is 1. The van der Waals surface area contributed by atoms with Crippen molar-refractivity contribution < 1.29 is 0 Å². The first-order chi connectivity index (χ1) is 11.7. The van der Waals surface area contributed by atoms with E-state index in [1.807, 2.05) is 48.5 Å². The summed E-state index contributed by atoms with van der Waals surface area (Å²) in [6.45, 7) is 0. The average molecular weight is 418 g/mol. The quantitative estimate of drug-likeness (QED) is 0.385. The van der Waals surface area contributed by atoms with Crippen LogP contribution in [-0.2, 0) is 0 Å². The number of halogens is 3. The van der Waals surface area contributed by atoms with Gasteiger partial charge in [-0.05, 0) is 52.1 Å². The van der Waals surface area contributed by atoms with Crippen LogP contribution in [0.1, 0.15) is 11.1 Å². The summed E-state index contributed by atoms with van der Waals surface area (Å²) in [5.74, 6) is 0. The van der Waals surface area contributed by atoms with Crippen molar-refractivity contribution in [3.8, 4) is 11.1 Å². The highest BCUT2D eigenvalue weighted by molar-refractivity contribution is 9.09. The molecule has 0 nitrogen and oxygen atoms in total. The van der Waals surface area contributed by atoms with Gasteiger partial charge in [0.15, 0.2) is 0 Å². The van der Waals surface area contributed by atoms with Gasteiger partial charge in [-0.3, -0.25) is 0 Å². The topological polar surface area (TPSA) is 0 Å². The van der Waals surface area contributed by atoms with Gasteiger partial charge < -0.3 is 0 Å². The van der Waals surface area contributed by atoms with E-state index in [2.05, 4.69) is 46.3 Å². The smallest absolute Gasteiger partial charge is 0.0406 e. The van der Waals surface area contributed by atoms with E-state index in [0.717, 1.165) is 26.5 Å². The van der Waals surface area contributed by atoms with Gasteiger partial charge in [0, 0.05) is 15.4 Å². The molecule has 0 heterocycles. The summed E-state index contributed by atoms with van der Waals surface area (Å²) in [5, 5.41) is 2.29. The second-order valence-electron chi connectivity index (χ2n) is 5.36. The summed E-state index contributed by atoms with van der Waals surface area (Å²) in [6.07, 6.45) is 2.17. The van der Waals surface area contributed by atoms with Gasteiger partial charge in [0.05, 0.1) is 0 Å². The molecule has 0 unspecified atom stereocenters. The normalized spacial score (nSPS) is 11.5. The van der Waals surface area contributed by atoms with Crippen LogP contribution in [0, 0.1) is 0 Å². The molecule has 0 aliphatic carbocycles. The zero-order valence-electron chi connectivity index (χ0n) is 12.8. The molecule has 3 rings (SSSR count). The van der Waals surface area contributed by atoms with Crippen LogP contribution < -0.4 is 0 Å². The monoisotopic (exact) mass is 416 g/mol. The van der Waals surface area contributed by atoms with Gasteiger partial charge in [-0.15, -0.1) is 0 Å². The molecule has 0 aliphatic rings. The van der Waals surface area contributed by atoms with E-state index in [1.165, 1.54) is 16.7 Å². The predicted octanol–water partition coefficient (Wildman–Crippen LogP) is 7.49. The summed E-state index contributed by atoms with van der Waals surface area (Å²) in [5.41, 5.74) is 5.84. The van der Waals surface area contributed by atoms with Crippen molar-refractivity contribution in [2.45, 2.75) is 0 Å². The molecule has 0 atom stereocenters. The number of allylic oxidation sites excluding steroid dienone is 1. The first kappa shape index (κ1) is 17.3. The van der Waals surface area contributed by atoms with Crippen molar-refractivity contribution in [1.82, 2.24) is 0 Å². The lowest BCUT2D eigenvalue weighted by molar-refractivity contribution is 1.52. The van der Waals surface area contributed by atoms with Gasteiger partial charge in [-0.2, -0.15) is 0 Å². The molecule has 0 fully saturated rings. The van der Waals surface area contributed by atoms with Crippen molar-refractivity contribution in [3.63, 3.8) is 0 Å². The second-order valence-corrected chi connectivity index (χ2v) is 6.88. The van der Waals surface area contributed by atoms with Gasteiger partial charge in [-0.25, -0.2) is 0 Å². The maximum atomic E-state index is 6.00. The van der Waals surface area contributed by atoms with E-state index in [1.54, 1.807) is 0 Å². The number of rotatable bonds is 4. The molecule has 3 heteroatoms. The minimum atomic E-state index is 0.745. The molecule has 0 saturated carbocycles. The first-order valence-corrected chi connectivity index (χ1v) is 9.43. The molecular weight excluding hydrogens is 403 g/mol. The Morgan fingerprint density at radius 3 is 1.50 bits per heavy atom. The second kappa shape index (κ2) is 8.02. The lowest BCUT2D eigenvalue weighted by Gasteiger charge is -2.10. The molecule has 24 heavy (non-hydrogen) atoms. The Morgan fingerprint density at radius 2 is 1.04 bits per heavy atom. The van der Waals surface area contributed by atoms with Gasteiger partial charge >= 0.3 is 0 Å². The molecule has 0 bridgehead atoms. The van der Waals surface area contributed by atoms with E-state index in [9.17, 15) is 0 Å². The van der Waals surface area contributed by atoms with E-state index in [4.69, 9.17) is 23.2 Å². The SMILES string of the molecule is Clc1ccc(/C(=C\CBr)c2ccc(-c3ccc(Cl)cc3)cc2)cc1. The number of hydrogen-bond acceptors (Lipinski definition) is 0. The summed E-state index contributed by atoms with van der Waals surface area (Å²) in [4.78, 5) is 0. The van der Waals surface area contributed by atoms with Gasteiger partial charge in [-0.1, -0.05) is 93.7 Å². The highest BCUT2D eigenvalue weighted by Crippen LogP contribution is 2.28. The Hall–Kier alpha value is -1.54. The lowest BCUT2D eigenvalue weighted by Crippen LogP contribution is -1.89. The summed E-state index contributed by atoms with van der Waals surface area (Å²) in [7, 11) is 0. The van der Waals surface area contributed by atoms with Crippen LogP contribution in [0.4, 0.5) is 0 Å². The molecule has 120 valence electrons. The molecule has 0 amide bonds. The Morgan fingerprint density at radius 1 is 0.667 bits per heavy atom. The summed E-state index contributed by atoms with van der Waals surface area (Å²) in [6, 6.07) is 24.4. The van der Waals surface area contributed by atoms with Crippen LogP contribution in [-0.4, -0.2) is 5.33 Å². The maximum Gasteiger partial charge on any atom is 0.0406 e. The van der Waals surface area contributed by atoms with Crippen LogP contribution in [0.25, 0.3) is 16.7 Å². The number of hydrogen-bond donors (Lipinski definition) is 0. The van der Waals surface area contributed by atoms with Crippen molar-refractivity contribution in [3.05, 3.63) is 100 Å². The third-order valence-electron chi connectivity index (χ3n) is 3.81. The minimum Gasteiger partial charge on any atom is -0.0883 e. The maximum absolute atomic E-state index is 6.00. The van der Waals surface area contributed by atoms with Crippen molar-refractivity contribution in [2.75, 3.05) is 5.33 Å². The molecular formula is C21H15BrCl2. The lowest BCUT2D eigenvalue weighted by atomic mass is 9.95. The fraction of sp³-hybridized carbons (Fsp3) is 0.0476. The van der Waals surface area contributed by atoms with Crippen LogP contribution >= 0.6 is 39.1 Å². The van der Waals surface area contributed by atoms with E-state index in [-0.39, 0.29) is 0 Å². The Labute approximate surface area is 160 Å². The zero-order valence-corrected chi connectivity index (χ0v) is 15.9. The molecule has 0 aromatic heterocycles. The molecule has 0 N–H and O–H groups in total. The standard InChI is InChI=1S/C21H15BrCl2/c22-14-13-21(18-7-11-20(24)12-8-18)17-3-1-15(2-4-17)16-5-9-19(23)10-6-16/h1-13H,14H2/b21-13-. The largest absolute Gasteiger partial charge is 0.0883 e. The van der Waals surface area contributed by atoms with E-state index in [0.29, 0.717) is 0 Å². The molecule has 0 aliphatic heterocycles. The van der Waals surface area contributed by atoms with Crippen LogP contribution in [0.2, 0.25) is 10.0 Å². The van der Waals surface area contributed by atoms with Crippen LogP contribution in [0.3, 0.4) is 0 Å². The Balaban J connectivity index is 1.94. The van der Waals surface area contributed by atoms with Crippen LogP contribution in [0.15, 0.2) is 78.9 Å². The van der Waals surface area contributed by atoms with Gasteiger partial charge in [0.1, 0.15) is 0 Å². The fourth-order valence-electron chi connectivity index (χ4n) is 2.59. The molecule has 3 aromatic carbocycles. The Kier molecular flexibility index (Phi) is 5.78. The highest BCUT2D eigenvalue weighted by atomic mass is 79.9. The van der Waals surface area contributed by atoms with Crippen molar-refractivity contribution >= 4 is 44.7 Å². The summed E-state index contributed by atoms with van der Waals surface area (Å²) >= 11 is 15.5. The van der Waals surface area contributed by atoms with Crippen LogP contribution in [0.5, 0.6) is 0 Å². The molecule has 3 aromatic rings. The van der Waals surface area contributed by atoms with Gasteiger partial charge in [0.2, 0.25) is 0 Å². The average Bonchev–Trinajstić information content (AvgIpc) is 2.62. The van der Waals surface area contributed by atoms with Crippen molar-refractivity contribution in [2.24, 2.45) is 0 Å². The van der Waals surface area contributed by atoms with Gasteiger partial charge in [0.25, 0.3) is 0 Å². The van der Waals surface area contributed by atoms with E-state index < -0.39 is 0 Å². The summed E-state index contributed by atoms with van der Waals surface area (Å²) < 4.78 is 0. The Bertz CT molecular complexity index is 833. The fourth-order valence-corrected chi connectivity index (χ4v) is 3.17. The number of benzene rings is 3. The highest BCUT2D eigenvalue weighted by Gasteiger charge is 2.06. The molecule has 0 radical (unpaired) electrons. The zero-order chi connectivity index (χ0) is 16.9. The third kappa shape index (κ3) is 4.10. The van der Waals surface area contributed by atoms with Crippen molar-refractivity contribution in [1.29, 1.82) is 0 Å². The minimum absolute atomic E-state index is 0.745. The first-order valence-electron chi connectivity index (χ1n) is 7.56. The predicted molar refractivity (Wildman–Crippen MR) is 109 cm³/mol. The van der Waals surface area contributed by atoms with E-state index >= 15 is 0 Å². The molecule has 0 saturated heterocycles.